The third-order valence-electron chi connectivity index (χ3n) is 2.64. The number of carbonyl (C=O) groups is 2. The zero-order valence-electron chi connectivity index (χ0n) is 10.7. The molecule has 0 radical (unpaired) electrons. The lowest BCUT2D eigenvalue weighted by molar-refractivity contribution is -0.137. The molecule has 1 heterocycles. The minimum absolute atomic E-state index is 0.0543. The molecule has 0 aliphatic carbocycles. The fourth-order valence-electron chi connectivity index (χ4n) is 1.49. The Balaban J connectivity index is 2.83. The summed E-state index contributed by atoms with van der Waals surface area (Å²) in [7, 11) is 2.73. The predicted molar refractivity (Wildman–Crippen MR) is 66.1 cm³/mol. The predicted octanol–water partition coefficient (Wildman–Crippen LogP) is -0.990. The van der Waals surface area contributed by atoms with Crippen molar-refractivity contribution in [2.45, 2.75) is 12.8 Å². The van der Waals surface area contributed by atoms with Gasteiger partial charge in [-0.2, -0.15) is 0 Å². The van der Waals surface area contributed by atoms with Gasteiger partial charge in [-0.05, 0) is 6.42 Å². The van der Waals surface area contributed by atoms with Gasteiger partial charge in [0, 0.05) is 33.3 Å². The van der Waals surface area contributed by atoms with Gasteiger partial charge < -0.3 is 15.0 Å². The minimum Gasteiger partial charge on any atom is -0.481 e. The molecule has 0 unspecified atom stereocenters. The molecule has 0 aliphatic rings. The second kappa shape index (κ2) is 5.98. The average Bonchev–Trinajstić information content (AvgIpc) is 2.35. The van der Waals surface area contributed by atoms with E-state index < -0.39 is 23.1 Å². The third kappa shape index (κ3) is 3.54. The van der Waals surface area contributed by atoms with Gasteiger partial charge in [0.2, 0.25) is 0 Å². The van der Waals surface area contributed by atoms with Crippen molar-refractivity contribution in [2.75, 3.05) is 13.6 Å². The van der Waals surface area contributed by atoms with Crippen LogP contribution in [0.15, 0.2) is 15.8 Å². The lowest BCUT2D eigenvalue weighted by Crippen LogP contribution is -2.39. The number of aromatic amines is 1. The van der Waals surface area contributed by atoms with E-state index in [2.05, 4.69) is 4.98 Å². The Kier molecular flexibility index (Phi) is 4.62. The summed E-state index contributed by atoms with van der Waals surface area (Å²) in [5.41, 5.74) is -1.44. The SMILES string of the molecule is CN(CCCC(=O)O)C(=O)c1c[nH]c(=O)n(C)c1=O. The Morgan fingerprint density at radius 2 is 2.05 bits per heavy atom. The Morgan fingerprint density at radius 1 is 1.42 bits per heavy atom. The quantitative estimate of drug-likeness (QED) is 0.712. The lowest BCUT2D eigenvalue weighted by atomic mass is 10.2. The second-order valence-corrected chi connectivity index (χ2v) is 4.10. The summed E-state index contributed by atoms with van der Waals surface area (Å²) in [6.45, 7) is 0.216. The molecular formula is C11H15N3O5. The largest absolute Gasteiger partial charge is 0.481 e. The van der Waals surface area contributed by atoms with E-state index in [1.165, 1.54) is 19.0 Å². The number of carboxylic acid groups (broad SMARTS) is 1. The topological polar surface area (TPSA) is 112 Å². The van der Waals surface area contributed by atoms with Crippen LogP contribution in [0.4, 0.5) is 0 Å². The van der Waals surface area contributed by atoms with Crippen LogP contribution in [0.5, 0.6) is 0 Å². The van der Waals surface area contributed by atoms with E-state index in [0.717, 1.165) is 10.8 Å². The van der Waals surface area contributed by atoms with Gasteiger partial charge in [0.1, 0.15) is 5.56 Å². The first-order chi connectivity index (χ1) is 8.84. The van der Waals surface area contributed by atoms with Crippen LogP contribution in [-0.4, -0.2) is 45.0 Å². The second-order valence-electron chi connectivity index (χ2n) is 4.10. The molecule has 0 saturated heterocycles. The molecule has 1 amide bonds. The van der Waals surface area contributed by atoms with E-state index in [4.69, 9.17) is 5.11 Å². The summed E-state index contributed by atoms with van der Waals surface area (Å²) < 4.78 is 0.804. The van der Waals surface area contributed by atoms with Crippen LogP contribution in [0.1, 0.15) is 23.2 Å². The molecule has 0 saturated carbocycles. The molecule has 0 atom stereocenters. The molecule has 0 aromatic carbocycles. The van der Waals surface area contributed by atoms with Gasteiger partial charge in [-0.15, -0.1) is 0 Å². The van der Waals surface area contributed by atoms with Gasteiger partial charge in [0.15, 0.2) is 0 Å². The molecule has 19 heavy (non-hydrogen) atoms. The van der Waals surface area contributed by atoms with Crippen LogP contribution < -0.4 is 11.2 Å². The first-order valence-electron chi connectivity index (χ1n) is 5.60. The van der Waals surface area contributed by atoms with Gasteiger partial charge in [0.25, 0.3) is 11.5 Å². The molecule has 1 aromatic rings. The van der Waals surface area contributed by atoms with Crippen molar-refractivity contribution in [2.24, 2.45) is 7.05 Å². The molecule has 2 N–H and O–H groups in total. The monoisotopic (exact) mass is 269 g/mol. The standard InChI is InChI=1S/C11H15N3O5/c1-13(5-3-4-8(15)16)9(17)7-6-12-11(19)14(2)10(7)18/h6H,3-5H2,1-2H3,(H,12,19)(H,15,16). The number of aliphatic carboxylic acids is 1. The van der Waals surface area contributed by atoms with Crippen molar-refractivity contribution in [1.82, 2.24) is 14.5 Å². The number of rotatable bonds is 5. The normalized spacial score (nSPS) is 10.2. The van der Waals surface area contributed by atoms with Gasteiger partial charge in [-0.1, -0.05) is 0 Å². The molecule has 8 nitrogen and oxygen atoms in total. The van der Waals surface area contributed by atoms with Crippen molar-refractivity contribution in [3.05, 3.63) is 32.6 Å². The molecule has 0 aliphatic heterocycles. The fraction of sp³-hybridized carbons (Fsp3) is 0.455. The molecule has 1 rings (SSSR count). The van der Waals surface area contributed by atoms with Crippen molar-refractivity contribution >= 4 is 11.9 Å². The maximum atomic E-state index is 11.9. The number of carboxylic acids is 1. The Labute approximate surface area is 108 Å². The lowest BCUT2D eigenvalue weighted by Gasteiger charge is -2.16. The van der Waals surface area contributed by atoms with Crippen LogP contribution in [0, 0.1) is 0 Å². The summed E-state index contributed by atoms with van der Waals surface area (Å²) >= 11 is 0. The summed E-state index contributed by atoms with van der Waals surface area (Å²) in [6, 6.07) is 0. The first kappa shape index (κ1) is 14.7. The van der Waals surface area contributed by atoms with Crippen LogP contribution in [0.3, 0.4) is 0 Å². The first-order valence-corrected chi connectivity index (χ1v) is 5.60. The summed E-state index contributed by atoms with van der Waals surface area (Å²) in [6.07, 6.45) is 1.31. The number of nitrogens with zero attached hydrogens (tertiary/aromatic N) is 2. The number of nitrogens with one attached hydrogen (secondary N) is 1. The van der Waals surface area contributed by atoms with Gasteiger partial charge in [0.05, 0.1) is 0 Å². The third-order valence-corrected chi connectivity index (χ3v) is 2.64. The highest BCUT2D eigenvalue weighted by atomic mass is 16.4. The van der Waals surface area contributed by atoms with E-state index in [1.54, 1.807) is 0 Å². The highest BCUT2D eigenvalue weighted by Crippen LogP contribution is 1.98. The maximum Gasteiger partial charge on any atom is 0.328 e. The highest BCUT2D eigenvalue weighted by Gasteiger charge is 2.17. The van der Waals surface area contributed by atoms with Gasteiger partial charge in [-0.25, -0.2) is 4.79 Å². The molecule has 8 heteroatoms. The molecule has 0 fully saturated rings. The smallest absolute Gasteiger partial charge is 0.328 e. The number of aromatic nitrogens is 2. The number of carbonyl (C=O) groups excluding carboxylic acids is 1. The Hall–Kier alpha value is -2.38. The van der Waals surface area contributed by atoms with Crippen molar-refractivity contribution < 1.29 is 14.7 Å². The van der Waals surface area contributed by atoms with Gasteiger partial charge >= 0.3 is 11.7 Å². The molecular weight excluding hydrogens is 254 g/mol. The van der Waals surface area contributed by atoms with Crippen molar-refractivity contribution in [3.63, 3.8) is 0 Å². The highest BCUT2D eigenvalue weighted by molar-refractivity contribution is 5.93. The van der Waals surface area contributed by atoms with E-state index in [1.807, 2.05) is 0 Å². The Morgan fingerprint density at radius 3 is 2.63 bits per heavy atom. The van der Waals surface area contributed by atoms with Crippen LogP contribution in [0.25, 0.3) is 0 Å². The molecule has 1 aromatic heterocycles. The van der Waals surface area contributed by atoms with E-state index in [9.17, 15) is 19.2 Å². The number of hydrogen-bond donors (Lipinski definition) is 2. The van der Waals surface area contributed by atoms with E-state index in [-0.39, 0.29) is 18.5 Å². The van der Waals surface area contributed by atoms with Crippen LogP contribution in [0.2, 0.25) is 0 Å². The zero-order chi connectivity index (χ0) is 14.6. The summed E-state index contributed by atoms with van der Waals surface area (Å²) in [4.78, 5) is 48.7. The van der Waals surface area contributed by atoms with Crippen molar-refractivity contribution in [1.29, 1.82) is 0 Å². The summed E-state index contributed by atoms with van der Waals surface area (Å²) in [5, 5.41) is 8.50. The van der Waals surface area contributed by atoms with Crippen LogP contribution >= 0.6 is 0 Å². The molecule has 0 spiro atoms. The number of H-pyrrole nitrogens is 1. The number of hydrogen-bond acceptors (Lipinski definition) is 4. The zero-order valence-corrected chi connectivity index (χ0v) is 10.7. The minimum atomic E-state index is -0.944. The van der Waals surface area contributed by atoms with Crippen molar-refractivity contribution in [3.8, 4) is 0 Å². The maximum absolute atomic E-state index is 11.9. The fourth-order valence-corrected chi connectivity index (χ4v) is 1.49. The molecule has 104 valence electrons. The summed E-state index contributed by atoms with van der Waals surface area (Å²) in [5.74, 6) is -1.50. The van der Waals surface area contributed by atoms with E-state index in [0.29, 0.717) is 6.42 Å². The van der Waals surface area contributed by atoms with Gasteiger partial charge in [-0.3, -0.25) is 19.0 Å². The Bertz CT molecular complexity index is 601. The number of amides is 1. The van der Waals surface area contributed by atoms with Crippen LogP contribution in [-0.2, 0) is 11.8 Å². The average molecular weight is 269 g/mol. The van der Waals surface area contributed by atoms with E-state index >= 15 is 0 Å². The molecule has 0 bridgehead atoms.